The number of ether oxygens (including phenoxy) is 1. The summed E-state index contributed by atoms with van der Waals surface area (Å²) >= 11 is 1.35. The van der Waals surface area contributed by atoms with Crippen LogP contribution in [0.5, 0.6) is 0 Å². The van der Waals surface area contributed by atoms with E-state index in [0.717, 1.165) is 25.7 Å². The molecule has 0 aliphatic carbocycles. The van der Waals surface area contributed by atoms with Gasteiger partial charge >= 0.3 is 6.09 Å². The van der Waals surface area contributed by atoms with E-state index in [2.05, 4.69) is 4.98 Å². The Morgan fingerprint density at radius 3 is 2.77 bits per heavy atom. The highest BCUT2D eigenvalue weighted by Gasteiger charge is 2.31. The van der Waals surface area contributed by atoms with E-state index in [1.807, 2.05) is 20.8 Å². The Bertz CT molecular complexity index is 508. The van der Waals surface area contributed by atoms with Crippen LogP contribution in [0.2, 0.25) is 0 Å². The summed E-state index contributed by atoms with van der Waals surface area (Å²) in [6, 6.07) is -0.0891. The van der Waals surface area contributed by atoms with Gasteiger partial charge in [-0.1, -0.05) is 12.8 Å². The Hall–Kier alpha value is -1.43. The summed E-state index contributed by atoms with van der Waals surface area (Å²) < 4.78 is 5.50. The molecular weight excluding hydrogens is 300 g/mol. The molecule has 22 heavy (non-hydrogen) atoms. The molecule has 1 aliphatic rings. The predicted molar refractivity (Wildman–Crippen MR) is 86.3 cm³/mol. The maximum atomic E-state index is 12.4. The van der Waals surface area contributed by atoms with Gasteiger partial charge in [-0.2, -0.15) is 0 Å². The van der Waals surface area contributed by atoms with Crippen molar-refractivity contribution in [1.82, 2.24) is 9.88 Å². The SMILES string of the molecule is CC(C)(C)OC(=O)N1CCCCCC1CC(=O)c1nccs1. The monoisotopic (exact) mass is 324 g/mol. The second-order valence-electron chi connectivity index (χ2n) is 6.64. The molecule has 6 heteroatoms. The highest BCUT2D eigenvalue weighted by atomic mass is 32.1. The number of aromatic nitrogens is 1. The molecular formula is C16H24N2O3S. The fraction of sp³-hybridized carbons (Fsp3) is 0.688. The molecule has 1 fully saturated rings. The first-order valence-corrected chi connectivity index (χ1v) is 8.67. The fourth-order valence-corrected chi connectivity index (χ4v) is 3.20. The van der Waals surface area contributed by atoms with Crippen LogP contribution < -0.4 is 0 Å². The molecule has 122 valence electrons. The number of likely N-dealkylation sites (tertiary alicyclic amines) is 1. The smallest absolute Gasteiger partial charge is 0.410 e. The molecule has 0 saturated carbocycles. The highest BCUT2D eigenvalue weighted by molar-refractivity contribution is 7.11. The molecule has 1 aliphatic heterocycles. The molecule has 1 saturated heterocycles. The van der Waals surface area contributed by atoms with Gasteiger partial charge in [0.05, 0.1) is 0 Å². The summed E-state index contributed by atoms with van der Waals surface area (Å²) in [4.78, 5) is 30.5. The molecule has 1 aromatic heterocycles. The van der Waals surface area contributed by atoms with Gasteiger partial charge in [-0.15, -0.1) is 11.3 Å². The molecule has 5 nitrogen and oxygen atoms in total. The molecule has 0 bridgehead atoms. The van der Waals surface area contributed by atoms with Crippen molar-refractivity contribution in [3.63, 3.8) is 0 Å². The van der Waals surface area contributed by atoms with Gasteiger partial charge in [0.25, 0.3) is 0 Å². The van der Waals surface area contributed by atoms with Crippen molar-refractivity contribution in [2.75, 3.05) is 6.54 Å². The third kappa shape index (κ3) is 4.80. The van der Waals surface area contributed by atoms with Crippen LogP contribution in [0.3, 0.4) is 0 Å². The van der Waals surface area contributed by atoms with Crippen molar-refractivity contribution in [3.8, 4) is 0 Å². The Balaban J connectivity index is 2.07. The van der Waals surface area contributed by atoms with Crippen LogP contribution in [0.25, 0.3) is 0 Å². The Labute approximate surface area is 135 Å². The van der Waals surface area contributed by atoms with Gasteiger partial charge in [0.15, 0.2) is 10.8 Å². The number of carbonyl (C=O) groups excluding carboxylic acids is 2. The lowest BCUT2D eigenvalue weighted by Gasteiger charge is -2.32. The van der Waals surface area contributed by atoms with Crippen LogP contribution in [0.1, 0.15) is 62.7 Å². The van der Waals surface area contributed by atoms with E-state index in [1.165, 1.54) is 11.3 Å². The minimum absolute atomic E-state index is 0.00968. The minimum atomic E-state index is -0.521. The number of nitrogens with zero attached hydrogens (tertiary/aromatic N) is 2. The first-order valence-electron chi connectivity index (χ1n) is 7.79. The topological polar surface area (TPSA) is 59.5 Å². The number of thiazole rings is 1. The van der Waals surface area contributed by atoms with Crippen molar-refractivity contribution in [1.29, 1.82) is 0 Å². The van der Waals surface area contributed by atoms with Crippen LogP contribution in [0, 0.1) is 0 Å². The molecule has 1 unspecified atom stereocenters. The number of carbonyl (C=O) groups is 2. The van der Waals surface area contributed by atoms with Gasteiger partial charge in [0.1, 0.15) is 5.60 Å². The van der Waals surface area contributed by atoms with Crippen LogP contribution in [0.15, 0.2) is 11.6 Å². The Morgan fingerprint density at radius 1 is 1.36 bits per heavy atom. The minimum Gasteiger partial charge on any atom is -0.444 e. The van der Waals surface area contributed by atoms with Crippen molar-refractivity contribution < 1.29 is 14.3 Å². The van der Waals surface area contributed by atoms with E-state index >= 15 is 0 Å². The normalized spacial score (nSPS) is 19.6. The van der Waals surface area contributed by atoms with Gasteiger partial charge in [-0.25, -0.2) is 9.78 Å². The van der Waals surface area contributed by atoms with Crippen LogP contribution >= 0.6 is 11.3 Å². The van der Waals surface area contributed by atoms with Crippen LogP contribution in [-0.2, 0) is 4.74 Å². The van der Waals surface area contributed by atoms with E-state index in [0.29, 0.717) is 18.0 Å². The molecule has 2 heterocycles. The van der Waals surface area contributed by atoms with E-state index in [4.69, 9.17) is 4.74 Å². The van der Waals surface area contributed by atoms with Gasteiger partial charge in [0.2, 0.25) is 0 Å². The third-order valence-electron chi connectivity index (χ3n) is 3.60. The molecule has 0 N–H and O–H groups in total. The molecule has 2 rings (SSSR count). The first-order chi connectivity index (χ1) is 10.4. The van der Waals surface area contributed by atoms with Crippen molar-refractivity contribution >= 4 is 23.2 Å². The largest absolute Gasteiger partial charge is 0.444 e. The average molecular weight is 324 g/mol. The van der Waals surface area contributed by atoms with E-state index < -0.39 is 5.60 Å². The molecule has 1 aromatic rings. The van der Waals surface area contributed by atoms with Gasteiger partial charge in [-0.3, -0.25) is 4.79 Å². The summed E-state index contributed by atoms with van der Waals surface area (Å²) in [7, 11) is 0. The average Bonchev–Trinajstić information content (AvgIpc) is 2.84. The first kappa shape index (κ1) is 16.9. The van der Waals surface area contributed by atoms with E-state index in [9.17, 15) is 9.59 Å². The van der Waals surface area contributed by atoms with Crippen LogP contribution in [-0.4, -0.2) is 39.9 Å². The molecule has 0 aromatic carbocycles. The summed E-state index contributed by atoms with van der Waals surface area (Å²) in [5.74, 6) is 0.00968. The number of rotatable bonds is 3. The predicted octanol–water partition coefficient (Wildman–Crippen LogP) is 3.90. The van der Waals surface area contributed by atoms with Gasteiger partial charge < -0.3 is 9.64 Å². The lowest BCUT2D eigenvalue weighted by atomic mass is 10.0. The lowest BCUT2D eigenvalue weighted by molar-refractivity contribution is 0.0162. The van der Waals surface area contributed by atoms with Crippen molar-refractivity contribution in [2.45, 2.75) is 64.5 Å². The number of hydrogen-bond acceptors (Lipinski definition) is 5. The number of amides is 1. The zero-order valence-corrected chi connectivity index (χ0v) is 14.3. The maximum absolute atomic E-state index is 12.4. The van der Waals surface area contributed by atoms with Gasteiger partial charge in [-0.05, 0) is 33.6 Å². The van der Waals surface area contributed by atoms with Gasteiger partial charge in [0, 0.05) is 30.6 Å². The van der Waals surface area contributed by atoms with Crippen molar-refractivity contribution in [2.24, 2.45) is 0 Å². The molecule has 1 atom stereocenters. The lowest BCUT2D eigenvalue weighted by Crippen LogP contribution is -2.44. The molecule has 0 spiro atoms. The third-order valence-corrected chi connectivity index (χ3v) is 4.41. The summed E-state index contributed by atoms with van der Waals surface area (Å²) in [5.41, 5.74) is -0.521. The Kier molecular flexibility index (Phi) is 5.56. The summed E-state index contributed by atoms with van der Waals surface area (Å²) in [6.45, 7) is 6.24. The van der Waals surface area contributed by atoms with Crippen LogP contribution in [0.4, 0.5) is 4.79 Å². The number of hydrogen-bond donors (Lipinski definition) is 0. The summed E-state index contributed by atoms with van der Waals surface area (Å²) in [6.07, 6.45) is 5.57. The molecule has 0 radical (unpaired) electrons. The Morgan fingerprint density at radius 2 is 2.14 bits per heavy atom. The van der Waals surface area contributed by atoms with E-state index in [-0.39, 0.29) is 17.9 Å². The van der Waals surface area contributed by atoms with Crippen molar-refractivity contribution in [3.05, 3.63) is 16.6 Å². The zero-order chi connectivity index (χ0) is 16.2. The fourth-order valence-electron chi connectivity index (χ4n) is 2.61. The maximum Gasteiger partial charge on any atom is 0.410 e. The zero-order valence-electron chi connectivity index (χ0n) is 13.5. The number of Topliss-reactive ketones (excluding diaryl/α,β-unsaturated/α-hetero) is 1. The molecule has 1 amide bonds. The quantitative estimate of drug-likeness (QED) is 0.791. The standard InChI is InChI=1S/C16H24N2O3S/c1-16(2,3)21-15(20)18-9-6-4-5-7-12(18)11-13(19)14-17-8-10-22-14/h8,10,12H,4-7,9,11H2,1-3H3. The second-order valence-corrected chi connectivity index (χ2v) is 7.54. The highest BCUT2D eigenvalue weighted by Crippen LogP contribution is 2.23. The number of ketones is 1. The summed E-state index contributed by atoms with van der Waals surface area (Å²) in [5, 5.41) is 2.32. The van der Waals surface area contributed by atoms with E-state index in [1.54, 1.807) is 16.5 Å². The second kappa shape index (κ2) is 7.22.